The minimum Gasteiger partial charge on any atom is -0.393 e. The Kier molecular flexibility index (Phi) is 4.08. The molecular weight excluding hydrogens is 179 g/mol. The van der Waals surface area contributed by atoms with Gasteiger partial charge in [0.15, 0.2) is 0 Å². The normalized spacial score (nSPS) is 15.1. The van der Waals surface area contributed by atoms with Crippen LogP contribution >= 0.6 is 0 Å². The second-order valence-electron chi connectivity index (χ2n) is 3.51. The number of aliphatic hydroxyl groups is 1. The Morgan fingerprint density at radius 1 is 1.21 bits per heavy atom. The third-order valence-electron chi connectivity index (χ3n) is 2.63. The van der Waals surface area contributed by atoms with Crippen molar-refractivity contribution >= 4 is 0 Å². The quantitative estimate of drug-likeness (QED) is 0.784. The van der Waals surface area contributed by atoms with Gasteiger partial charge in [0, 0.05) is 5.92 Å². The third-order valence-corrected chi connectivity index (χ3v) is 2.63. The van der Waals surface area contributed by atoms with E-state index in [1.807, 2.05) is 19.9 Å². The average Bonchev–Trinajstić information content (AvgIpc) is 2.21. The van der Waals surface area contributed by atoms with Crippen molar-refractivity contribution in [3.8, 4) is 0 Å². The molecule has 0 bridgehead atoms. The summed E-state index contributed by atoms with van der Waals surface area (Å²) in [4.78, 5) is 0. The number of hydrogen-bond acceptors (Lipinski definition) is 1. The number of benzene rings is 1. The Labute approximate surface area is 84.6 Å². The fourth-order valence-corrected chi connectivity index (χ4v) is 1.76. The first-order chi connectivity index (χ1) is 6.70. The molecule has 2 atom stereocenters. The van der Waals surface area contributed by atoms with Crippen molar-refractivity contribution in [3.05, 3.63) is 35.6 Å². The third kappa shape index (κ3) is 2.32. The topological polar surface area (TPSA) is 20.2 Å². The van der Waals surface area contributed by atoms with Crippen molar-refractivity contribution in [1.29, 1.82) is 0 Å². The maximum atomic E-state index is 13.4. The van der Waals surface area contributed by atoms with E-state index in [0.717, 1.165) is 6.42 Å². The number of hydrogen-bond donors (Lipinski definition) is 1. The highest BCUT2D eigenvalue weighted by atomic mass is 19.1. The summed E-state index contributed by atoms with van der Waals surface area (Å²) in [5.74, 6) is -0.298. The van der Waals surface area contributed by atoms with E-state index in [2.05, 4.69) is 0 Å². The van der Waals surface area contributed by atoms with E-state index in [1.165, 1.54) is 6.07 Å². The molecule has 78 valence electrons. The van der Waals surface area contributed by atoms with Crippen LogP contribution in [0.1, 0.15) is 38.2 Å². The van der Waals surface area contributed by atoms with Gasteiger partial charge in [-0.1, -0.05) is 32.0 Å². The molecule has 0 amide bonds. The molecule has 1 N–H and O–H groups in total. The van der Waals surface area contributed by atoms with Gasteiger partial charge in [0.25, 0.3) is 0 Å². The highest BCUT2D eigenvalue weighted by molar-refractivity contribution is 5.22. The highest BCUT2D eigenvalue weighted by Gasteiger charge is 2.20. The van der Waals surface area contributed by atoms with Crippen LogP contribution in [0.25, 0.3) is 0 Å². The van der Waals surface area contributed by atoms with E-state index in [4.69, 9.17) is 0 Å². The maximum absolute atomic E-state index is 13.4. The molecule has 0 saturated carbocycles. The predicted molar refractivity (Wildman–Crippen MR) is 55.7 cm³/mol. The lowest BCUT2D eigenvalue weighted by atomic mass is 9.89. The van der Waals surface area contributed by atoms with Crippen molar-refractivity contribution in [2.45, 2.75) is 38.7 Å². The lowest BCUT2D eigenvalue weighted by Gasteiger charge is -2.21. The molecule has 0 aliphatic heterocycles. The lowest BCUT2D eigenvalue weighted by Crippen LogP contribution is -2.17. The zero-order valence-electron chi connectivity index (χ0n) is 8.70. The van der Waals surface area contributed by atoms with E-state index in [0.29, 0.717) is 12.0 Å². The minimum absolute atomic E-state index is 0.0822. The Bertz CT molecular complexity index is 285. The molecule has 2 unspecified atom stereocenters. The van der Waals surface area contributed by atoms with Gasteiger partial charge in [-0.25, -0.2) is 4.39 Å². The SMILES string of the molecule is CCC(O)C(CC)c1ccccc1F. The lowest BCUT2D eigenvalue weighted by molar-refractivity contribution is 0.135. The molecule has 0 aliphatic rings. The van der Waals surface area contributed by atoms with Crippen molar-refractivity contribution in [2.24, 2.45) is 0 Å². The molecular formula is C12H17FO. The largest absolute Gasteiger partial charge is 0.393 e. The van der Waals surface area contributed by atoms with E-state index < -0.39 is 6.10 Å². The molecule has 0 radical (unpaired) electrons. The van der Waals surface area contributed by atoms with Gasteiger partial charge >= 0.3 is 0 Å². The van der Waals surface area contributed by atoms with E-state index in [1.54, 1.807) is 12.1 Å². The van der Waals surface area contributed by atoms with Gasteiger partial charge in [0.05, 0.1) is 6.10 Å². The summed E-state index contributed by atoms with van der Waals surface area (Å²) in [6.07, 6.45) is 0.972. The first-order valence-electron chi connectivity index (χ1n) is 5.13. The molecule has 2 heteroatoms. The van der Waals surface area contributed by atoms with Crippen LogP contribution in [0.15, 0.2) is 24.3 Å². The van der Waals surface area contributed by atoms with Gasteiger partial charge in [-0.15, -0.1) is 0 Å². The molecule has 0 aliphatic carbocycles. The zero-order chi connectivity index (χ0) is 10.6. The van der Waals surface area contributed by atoms with Crippen LogP contribution in [0.2, 0.25) is 0 Å². The molecule has 0 spiro atoms. The van der Waals surface area contributed by atoms with Crippen LogP contribution in [0.3, 0.4) is 0 Å². The summed E-state index contributed by atoms with van der Waals surface area (Å²) in [5, 5.41) is 9.73. The summed E-state index contributed by atoms with van der Waals surface area (Å²) < 4.78 is 13.4. The van der Waals surface area contributed by atoms with E-state index in [9.17, 15) is 9.50 Å². The van der Waals surface area contributed by atoms with Crippen molar-refractivity contribution in [1.82, 2.24) is 0 Å². The second kappa shape index (κ2) is 5.11. The van der Waals surface area contributed by atoms with Gasteiger partial charge in [-0.05, 0) is 24.5 Å². The number of rotatable bonds is 4. The molecule has 1 rings (SSSR count). The summed E-state index contributed by atoms with van der Waals surface area (Å²) in [5.41, 5.74) is 0.629. The maximum Gasteiger partial charge on any atom is 0.126 e. The summed E-state index contributed by atoms with van der Waals surface area (Å²) in [7, 11) is 0. The highest BCUT2D eigenvalue weighted by Crippen LogP contribution is 2.26. The van der Waals surface area contributed by atoms with Gasteiger partial charge in [0.1, 0.15) is 5.82 Å². The molecule has 0 fully saturated rings. The Balaban J connectivity index is 2.94. The first kappa shape index (κ1) is 11.2. The van der Waals surface area contributed by atoms with Crippen LogP contribution in [-0.2, 0) is 0 Å². The van der Waals surface area contributed by atoms with Crippen LogP contribution in [0.4, 0.5) is 4.39 Å². The first-order valence-corrected chi connectivity index (χ1v) is 5.13. The van der Waals surface area contributed by atoms with Crippen molar-refractivity contribution in [3.63, 3.8) is 0 Å². The molecule has 0 aromatic heterocycles. The van der Waals surface area contributed by atoms with Crippen LogP contribution in [0, 0.1) is 5.82 Å². The number of aliphatic hydroxyl groups excluding tert-OH is 1. The summed E-state index contributed by atoms with van der Waals surface area (Å²) in [6, 6.07) is 6.68. The fraction of sp³-hybridized carbons (Fsp3) is 0.500. The van der Waals surface area contributed by atoms with Crippen LogP contribution in [-0.4, -0.2) is 11.2 Å². The van der Waals surface area contributed by atoms with Crippen LogP contribution in [0.5, 0.6) is 0 Å². The standard InChI is InChI=1S/C12H17FO/c1-3-9(12(14)4-2)10-7-5-6-8-11(10)13/h5-9,12,14H,3-4H2,1-2H3. The Morgan fingerprint density at radius 3 is 2.36 bits per heavy atom. The minimum atomic E-state index is -0.447. The molecule has 1 nitrogen and oxygen atoms in total. The van der Waals surface area contributed by atoms with Gasteiger partial charge in [-0.3, -0.25) is 0 Å². The molecule has 0 heterocycles. The monoisotopic (exact) mass is 196 g/mol. The average molecular weight is 196 g/mol. The second-order valence-corrected chi connectivity index (χ2v) is 3.51. The van der Waals surface area contributed by atoms with Gasteiger partial charge < -0.3 is 5.11 Å². The van der Waals surface area contributed by atoms with E-state index in [-0.39, 0.29) is 11.7 Å². The van der Waals surface area contributed by atoms with E-state index >= 15 is 0 Å². The molecule has 1 aromatic rings. The predicted octanol–water partition coefficient (Wildman–Crippen LogP) is 3.09. The Morgan fingerprint density at radius 2 is 1.86 bits per heavy atom. The zero-order valence-corrected chi connectivity index (χ0v) is 8.70. The van der Waals surface area contributed by atoms with Crippen molar-refractivity contribution < 1.29 is 9.50 Å². The molecule has 14 heavy (non-hydrogen) atoms. The van der Waals surface area contributed by atoms with Gasteiger partial charge in [-0.2, -0.15) is 0 Å². The Hall–Kier alpha value is -0.890. The van der Waals surface area contributed by atoms with Gasteiger partial charge in [0.2, 0.25) is 0 Å². The smallest absolute Gasteiger partial charge is 0.126 e. The van der Waals surface area contributed by atoms with Crippen LogP contribution < -0.4 is 0 Å². The molecule has 0 saturated heterocycles. The fourth-order valence-electron chi connectivity index (χ4n) is 1.76. The van der Waals surface area contributed by atoms with Crippen molar-refractivity contribution in [2.75, 3.05) is 0 Å². The summed E-state index contributed by atoms with van der Waals surface area (Å²) in [6.45, 7) is 3.88. The summed E-state index contributed by atoms with van der Waals surface area (Å²) >= 11 is 0. The number of halogens is 1. The molecule has 1 aromatic carbocycles.